The summed E-state index contributed by atoms with van der Waals surface area (Å²) < 4.78 is 5.29. The molecule has 0 amide bonds. The van der Waals surface area contributed by atoms with E-state index in [1.54, 1.807) is 11.3 Å². The molecule has 0 unspecified atom stereocenters. The predicted molar refractivity (Wildman–Crippen MR) is 59.4 cm³/mol. The van der Waals surface area contributed by atoms with Crippen LogP contribution in [0.5, 0.6) is 0 Å². The van der Waals surface area contributed by atoms with Crippen LogP contribution in [-0.4, -0.2) is 18.1 Å². The molecule has 80 valence electrons. The molecule has 0 atom stereocenters. The quantitative estimate of drug-likeness (QED) is 0.706. The van der Waals surface area contributed by atoms with Crippen molar-refractivity contribution in [2.45, 2.75) is 33.4 Å². The maximum atomic E-state index is 5.29. The van der Waals surface area contributed by atoms with E-state index in [-0.39, 0.29) is 0 Å². The lowest BCUT2D eigenvalue weighted by Crippen LogP contribution is -2.13. The van der Waals surface area contributed by atoms with Gasteiger partial charge in [-0.1, -0.05) is 6.92 Å². The number of hydrogen-bond acceptors (Lipinski definition) is 4. The van der Waals surface area contributed by atoms with E-state index in [1.165, 1.54) is 0 Å². The van der Waals surface area contributed by atoms with Gasteiger partial charge < -0.3 is 10.1 Å². The normalized spacial score (nSPS) is 10.7. The van der Waals surface area contributed by atoms with Gasteiger partial charge in [-0.2, -0.15) is 0 Å². The molecule has 1 N–H and O–H groups in total. The summed E-state index contributed by atoms with van der Waals surface area (Å²) in [6.07, 6.45) is 1.16. The Bertz CT molecular complexity index is 250. The van der Waals surface area contributed by atoms with E-state index in [4.69, 9.17) is 4.74 Å². The fraction of sp³-hybridized carbons (Fsp3) is 0.700. The summed E-state index contributed by atoms with van der Waals surface area (Å²) in [7, 11) is 0. The Kier molecular flexibility index (Phi) is 5.75. The monoisotopic (exact) mass is 214 g/mol. The molecule has 0 spiro atoms. The van der Waals surface area contributed by atoms with Crippen molar-refractivity contribution in [3.05, 3.63) is 16.1 Å². The Balaban J connectivity index is 2.27. The number of rotatable bonds is 7. The Morgan fingerprint density at radius 2 is 2.36 bits per heavy atom. The fourth-order valence-corrected chi connectivity index (χ4v) is 1.81. The van der Waals surface area contributed by atoms with Gasteiger partial charge in [0.1, 0.15) is 5.01 Å². The van der Waals surface area contributed by atoms with Crippen LogP contribution in [0.2, 0.25) is 0 Å². The van der Waals surface area contributed by atoms with Crippen molar-refractivity contribution in [1.82, 2.24) is 10.3 Å². The molecule has 14 heavy (non-hydrogen) atoms. The van der Waals surface area contributed by atoms with E-state index in [9.17, 15) is 0 Å². The van der Waals surface area contributed by atoms with Gasteiger partial charge in [-0.25, -0.2) is 4.98 Å². The van der Waals surface area contributed by atoms with E-state index in [0.29, 0.717) is 6.61 Å². The Labute approximate surface area is 89.5 Å². The van der Waals surface area contributed by atoms with Crippen molar-refractivity contribution in [1.29, 1.82) is 0 Å². The van der Waals surface area contributed by atoms with Crippen LogP contribution in [0.1, 0.15) is 31.0 Å². The minimum atomic E-state index is 0.648. The zero-order valence-electron chi connectivity index (χ0n) is 8.88. The second kappa shape index (κ2) is 6.92. The summed E-state index contributed by atoms with van der Waals surface area (Å²) in [5.41, 5.74) is 1.12. The van der Waals surface area contributed by atoms with E-state index < -0.39 is 0 Å². The fourth-order valence-electron chi connectivity index (χ4n) is 1.08. The number of nitrogens with one attached hydrogen (secondary N) is 1. The van der Waals surface area contributed by atoms with Crippen LogP contribution in [0.25, 0.3) is 0 Å². The van der Waals surface area contributed by atoms with E-state index in [0.717, 1.165) is 36.8 Å². The zero-order chi connectivity index (χ0) is 10.2. The first-order chi connectivity index (χ1) is 6.86. The highest BCUT2D eigenvalue weighted by Crippen LogP contribution is 2.10. The van der Waals surface area contributed by atoms with Crippen LogP contribution in [-0.2, 0) is 17.9 Å². The maximum Gasteiger partial charge on any atom is 0.119 e. The standard InChI is InChI=1S/C10H18N2OS/c1-3-5-11-6-9-8-14-10(12-9)7-13-4-2/h8,11H,3-7H2,1-2H3. The largest absolute Gasteiger partial charge is 0.375 e. The van der Waals surface area contributed by atoms with Gasteiger partial charge in [0.25, 0.3) is 0 Å². The first kappa shape index (κ1) is 11.6. The van der Waals surface area contributed by atoms with Gasteiger partial charge >= 0.3 is 0 Å². The average Bonchev–Trinajstić information content (AvgIpc) is 2.63. The second-order valence-corrected chi connectivity index (χ2v) is 3.99. The first-order valence-electron chi connectivity index (χ1n) is 5.08. The van der Waals surface area contributed by atoms with Crippen LogP contribution in [0.4, 0.5) is 0 Å². The molecular formula is C10H18N2OS. The summed E-state index contributed by atoms with van der Waals surface area (Å²) in [6, 6.07) is 0. The molecule has 0 aliphatic rings. The lowest BCUT2D eigenvalue weighted by atomic mass is 10.4. The van der Waals surface area contributed by atoms with Crippen LogP contribution in [0, 0.1) is 0 Å². The molecule has 1 rings (SSSR count). The molecule has 4 heteroatoms. The number of nitrogens with zero attached hydrogens (tertiary/aromatic N) is 1. The van der Waals surface area contributed by atoms with Crippen LogP contribution in [0.3, 0.4) is 0 Å². The smallest absolute Gasteiger partial charge is 0.119 e. The number of hydrogen-bond donors (Lipinski definition) is 1. The summed E-state index contributed by atoms with van der Waals surface area (Å²) >= 11 is 1.67. The topological polar surface area (TPSA) is 34.1 Å². The molecule has 3 nitrogen and oxygen atoms in total. The molecule has 0 bridgehead atoms. The summed E-state index contributed by atoms with van der Waals surface area (Å²) in [6.45, 7) is 7.48. The molecule has 0 aromatic carbocycles. The zero-order valence-corrected chi connectivity index (χ0v) is 9.69. The third kappa shape index (κ3) is 4.17. The van der Waals surface area contributed by atoms with Crippen molar-refractivity contribution in [2.75, 3.05) is 13.2 Å². The number of thiazole rings is 1. The van der Waals surface area contributed by atoms with Gasteiger partial charge in [-0.15, -0.1) is 11.3 Å². The van der Waals surface area contributed by atoms with Crippen molar-refractivity contribution in [2.24, 2.45) is 0 Å². The summed E-state index contributed by atoms with van der Waals surface area (Å²) in [5, 5.41) is 6.49. The molecule has 0 aliphatic carbocycles. The van der Waals surface area contributed by atoms with Crippen LogP contribution >= 0.6 is 11.3 Å². The van der Waals surface area contributed by atoms with Gasteiger partial charge in [-0.05, 0) is 19.9 Å². The predicted octanol–water partition coefficient (Wildman–Crippen LogP) is 2.18. The molecule has 0 fully saturated rings. The lowest BCUT2D eigenvalue weighted by Gasteiger charge is -1.98. The first-order valence-corrected chi connectivity index (χ1v) is 5.96. The highest BCUT2D eigenvalue weighted by molar-refractivity contribution is 7.09. The number of ether oxygens (including phenoxy) is 1. The summed E-state index contributed by atoms with van der Waals surface area (Å²) in [4.78, 5) is 4.45. The van der Waals surface area contributed by atoms with E-state index in [1.807, 2.05) is 6.92 Å². The average molecular weight is 214 g/mol. The molecule has 0 saturated carbocycles. The van der Waals surface area contributed by atoms with Crippen LogP contribution < -0.4 is 5.32 Å². The highest BCUT2D eigenvalue weighted by Gasteiger charge is 2.00. The van der Waals surface area contributed by atoms with E-state index in [2.05, 4.69) is 22.6 Å². The van der Waals surface area contributed by atoms with E-state index >= 15 is 0 Å². The van der Waals surface area contributed by atoms with Crippen molar-refractivity contribution < 1.29 is 4.74 Å². The van der Waals surface area contributed by atoms with Gasteiger partial charge in [0.15, 0.2) is 0 Å². The molecular weight excluding hydrogens is 196 g/mol. The SMILES string of the molecule is CCCNCc1csc(COCC)n1. The van der Waals surface area contributed by atoms with Gasteiger partial charge in [0.2, 0.25) is 0 Å². The Morgan fingerprint density at radius 1 is 1.50 bits per heavy atom. The molecule has 1 aromatic rings. The van der Waals surface area contributed by atoms with Gasteiger partial charge in [0.05, 0.1) is 12.3 Å². The second-order valence-electron chi connectivity index (χ2n) is 3.05. The van der Waals surface area contributed by atoms with Crippen molar-refractivity contribution in [3.8, 4) is 0 Å². The molecule has 0 aliphatic heterocycles. The minimum absolute atomic E-state index is 0.648. The highest BCUT2D eigenvalue weighted by atomic mass is 32.1. The Hall–Kier alpha value is -0.450. The molecule has 0 radical (unpaired) electrons. The third-order valence-corrected chi connectivity index (χ3v) is 2.63. The minimum Gasteiger partial charge on any atom is -0.375 e. The van der Waals surface area contributed by atoms with Gasteiger partial charge in [-0.3, -0.25) is 0 Å². The molecule has 1 heterocycles. The lowest BCUT2D eigenvalue weighted by molar-refractivity contribution is 0.133. The Morgan fingerprint density at radius 3 is 3.07 bits per heavy atom. The van der Waals surface area contributed by atoms with Crippen LogP contribution in [0.15, 0.2) is 5.38 Å². The third-order valence-electron chi connectivity index (χ3n) is 1.76. The number of aromatic nitrogens is 1. The maximum absolute atomic E-state index is 5.29. The van der Waals surface area contributed by atoms with Crippen molar-refractivity contribution >= 4 is 11.3 Å². The summed E-state index contributed by atoms with van der Waals surface area (Å²) in [5.74, 6) is 0. The molecule has 1 aromatic heterocycles. The van der Waals surface area contributed by atoms with Crippen molar-refractivity contribution in [3.63, 3.8) is 0 Å². The van der Waals surface area contributed by atoms with Gasteiger partial charge in [0, 0.05) is 18.5 Å². The molecule has 0 saturated heterocycles.